The number of hydrogen-bond donors (Lipinski definition) is 1. The van der Waals surface area contributed by atoms with E-state index in [-0.39, 0.29) is 11.5 Å². The number of aromatic hydroxyl groups is 1. The second kappa shape index (κ2) is 6.38. The van der Waals surface area contributed by atoms with Crippen LogP contribution in [0, 0.1) is 13.8 Å². The minimum Gasteiger partial charge on any atom is -0.507 e. The first-order chi connectivity index (χ1) is 9.58. The molecule has 2 nitrogen and oxygen atoms in total. The Bertz CT molecular complexity index is 577. The van der Waals surface area contributed by atoms with Crippen molar-refractivity contribution in [3.8, 4) is 5.75 Å². The van der Waals surface area contributed by atoms with Gasteiger partial charge < -0.3 is 5.11 Å². The number of carbonyl (C=O) groups excluding carboxylic acids is 1. The molecule has 20 heavy (non-hydrogen) atoms. The van der Waals surface area contributed by atoms with E-state index in [0.717, 1.165) is 24.0 Å². The summed E-state index contributed by atoms with van der Waals surface area (Å²) in [6.45, 7) is 3.65. The van der Waals surface area contributed by atoms with Gasteiger partial charge in [-0.25, -0.2) is 0 Å². The lowest BCUT2D eigenvalue weighted by atomic mass is 9.99. The van der Waals surface area contributed by atoms with Crippen molar-refractivity contribution in [1.29, 1.82) is 0 Å². The topological polar surface area (TPSA) is 37.3 Å². The highest BCUT2D eigenvalue weighted by Gasteiger charge is 2.10. The average Bonchev–Trinajstić information content (AvgIpc) is 2.45. The molecule has 2 aromatic rings. The van der Waals surface area contributed by atoms with Gasteiger partial charge in [0.2, 0.25) is 0 Å². The summed E-state index contributed by atoms with van der Waals surface area (Å²) in [6, 6.07) is 13.7. The minimum absolute atomic E-state index is 0.145. The second-order valence-corrected chi connectivity index (χ2v) is 5.22. The minimum atomic E-state index is 0.145. The summed E-state index contributed by atoms with van der Waals surface area (Å²) in [5, 5.41) is 9.73. The zero-order valence-electron chi connectivity index (χ0n) is 12.0. The summed E-state index contributed by atoms with van der Waals surface area (Å²) in [7, 11) is 0. The van der Waals surface area contributed by atoms with Gasteiger partial charge >= 0.3 is 0 Å². The SMILES string of the molecule is Cc1cc(C(=O)CCCc2ccccc2)cc(C)c1O. The van der Waals surface area contributed by atoms with E-state index in [0.29, 0.717) is 12.0 Å². The van der Waals surface area contributed by atoms with Gasteiger partial charge in [0.25, 0.3) is 0 Å². The van der Waals surface area contributed by atoms with Crippen LogP contribution < -0.4 is 0 Å². The molecule has 0 atom stereocenters. The number of ketones is 1. The van der Waals surface area contributed by atoms with E-state index in [9.17, 15) is 9.90 Å². The Morgan fingerprint density at radius 2 is 1.65 bits per heavy atom. The monoisotopic (exact) mass is 268 g/mol. The molecule has 1 N–H and O–H groups in total. The van der Waals surface area contributed by atoms with Gasteiger partial charge in [0, 0.05) is 12.0 Å². The number of hydrogen-bond acceptors (Lipinski definition) is 2. The maximum atomic E-state index is 12.2. The number of benzene rings is 2. The van der Waals surface area contributed by atoms with Gasteiger partial charge in [0.05, 0.1) is 0 Å². The highest BCUT2D eigenvalue weighted by Crippen LogP contribution is 2.23. The van der Waals surface area contributed by atoms with Crippen LogP contribution in [0.4, 0.5) is 0 Å². The lowest BCUT2D eigenvalue weighted by Gasteiger charge is -2.07. The lowest BCUT2D eigenvalue weighted by Crippen LogP contribution is -2.01. The molecule has 0 radical (unpaired) electrons. The molecular weight excluding hydrogens is 248 g/mol. The lowest BCUT2D eigenvalue weighted by molar-refractivity contribution is 0.0980. The summed E-state index contributed by atoms with van der Waals surface area (Å²) in [6.07, 6.45) is 2.31. The third kappa shape index (κ3) is 3.47. The molecule has 0 saturated heterocycles. The first kappa shape index (κ1) is 14.3. The molecule has 0 unspecified atom stereocenters. The van der Waals surface area contributed by atoms with Crippen molar-refractivity contribution < 1.29 is 9.90 Å². The molecule has 2 rings (SSSR count). The van der Waals surface area contributed by atoms with Crippen molar-refractivity contribution in [3.05, 3.63) is 64.7 Å². The second-order valence-electron chi connectivity index (χ2n) is 5.22. The summed E-state index contributed by atoms with van der Waals surface area (Å²) in [5.74, 6) is 0.429. The van der Waals surface area contributed by atoms with Crippen LogP contribution in [-0.4, -0.2) is 10.9 Å². The van der Waals surface area contributed by atoms with Crippen LogP contribution in [0.25, 0.3) is 0 Å². The largest absolute Gasteiger partial charge is 0.507 e. The first-order valence-corrected chi connectivity index (χ1v) is 6.95. The maximum Gasteiger partial charge on any atom is 0.162 e. The molecule has 0 amide bonds. The van der Waals surface area contributed by atoms with Gasteiger partial charge in [0.15, 0.2) is 5.78 Å². The Kier molecular flexibility index (Phi) is 4.57. The number of Topliss-reactive ketones (excluding diaryl/α,β-unsaturated/α-hetero) is 1. The Morgan fingerprint density at radius 3 is 2.25 bits per heavy atom. The predicted molar refractivity (Wildman–Crippen MR) is 81.3 cm³/mol. The third-order valence-corrected chi connectivity index (χ3v) is 3.53. The first-order valence-electron chi connectivity index (χ1n) is 6.95. The molecular formula is C18H20O2. The van der Waals surface area contributed by atoms with Crippen LogP contribution in [0.2, 0.25) is 0 Å². The van der Waals surface area contributed by atoms with Crippen molar-refractivity contribution >= 4 is 5.78 Å². The van der Waals surface area contributed by atoms with E-state index in [4.69, 9.17) is 0 Å². The quantitative estimate of drug-likeness (QED) is 0.825. The fourth-order valence-electron chi connectivity index (χ4n) is 2.36. The molecule has 2 aromatic carbocycles. The van der Waals surface area contributed by atoms with Gasteiger partial charge in [0.1, 0.15) is 5.75 Å². The molecule has 104 valence electrons. The van der Waals surface area contributed by atoms with Gasteiger partial charge in [-0.1, -0.05) is 30.3 Å². The molecule has 0 aliphatic rings. The van der Waals surface area contributed by atoms with Crippen molar-refractivity contribution in [2.75, 3.05) is 0 Å². The van der Waals surface area contributed by atoms with Crippen LogP contribution >= 0.6 is 0 Å². The van der Waals surface area contributed by atoms with Crippen molar-refractivity contribution in [3.63, 3.8) is 0 Å². The fraction of sp³-hybridized carbons (Fsp3) is 0.278. The van der Waals surface area contributed by atoms with Crippen LogP contribution in [0.5, 0.6) is 5.75 Å². The van der Waals surface area contributed by atoms with E-state index >= 15 is 0 Å². The number of phenolic OH excluding ortho intramolecular Hbond substituents is 1. The summed E-state index contributed by atoms with van der Waals surface area (Å²) >= 11 is 0. The number of rotatable bonds is 5. The Balaban J connectivity index is 1.95. The molecule has 0 spiro atoms. The van der Waals surface area contributed by atoms with E-state index in [1.165, 1.54) is 5.56 Å². The van der Waals surface area contributed by atoms with Crippen molar-refractivity contribution in [1.82, 2.24) is 0 Å². The number of phenols is 1. The van der Waals surface area contributed by atoms with Crippen LogP contribution in [0.1, 0.15) is 39.9 Å². The normalized spacial score (nSPS) is 10.5. The molecule has 0 bridgehead atoms. The summed E-state index contributed by atoms with van der Waals surface area (Å²) in [4.78, 5) is 12.2. The molecule has 2 heteroatoms. The molecule has 0 heterocycles. The Labute approximate surface area is 120 Å². The van der Waals surface area contributed by atoms with E-state index in [1.807, 2.05) is 32.0 Å². The maximum absolute atomic E-state index is 12.2. The highest BCUT2D eigenvalue weighted by atomic mass is 16.3. The van der Waals surface area contributed by atoms with Gasteiger partial charge in [-0.05, 0) is 55.5 Å². The highest BCUT2D eigenvalue weighted by molar-refractivity contribution is 5.96. The standard InChI is InChI=1S/C18H20O2/c1-13-11-16(12-14(2)18(13)20)17(19)10-6-9-15-7-4-3-5-8-15/h3-5,7-8,11-12,20H,6,9-10H2,1-2H3. The zero-order valence-corrected chi connectivity index (χ0v) is 12.0. The van der Waals surface area contributed by atoms with Crippen LogP contribution in [0.15, 0.2) is 42.5 Å². The smallest absolute Gasteiger partial charge is 0.162 e. The van der Waals surface area contributed by atoms with E-state index in [2.05, 4.69) is 12.1 Å². The number of aryl methyl sites for hydroxylation is 3. The van der Waals surface area contributed by atoms with E-state index < -0.39 is 0 Å². The third-order valence-electron chi connectivity index (χ3n) is 3.53. The van der Waals surface area contributed by atoms with Gasteiger partial charge in [-0.2, -0.15) is 0 Å². The predicted octanol–water partition coefficient (Wildman–Crippen LogP) is 4.21. The molecule has 0 fully saturated rings. The molecule has 0 aliphatic heterocycles. The molecule has 0 aromatic heterocycles. The Morgan fingerprint density at radius 1 is 1.05 bits per heavy atom. The average molecular weight is 268 g/mol. The zero-order chi connectivity index (χ0) is 14.5. The van der Waals surface area contributed by atoms with Crippen molar-refractivity contribution in [2.24, 2.45) is 0 Å². The summed E-state index contributed by atoms with van der Waals surface area (Å²) in [5.41, 5.74) is 3.48. The molecule has 0 saturated carbocycles. The van der Waals surface area contributed by atoms with Gasteiger partial charge in [-0.15, -0.1) is 0 Å². The van der Waals surface area contributed by atoms with Gasteiger partial charge in [-0.3, -0.25) is 4.79 Å². The van der Waals surface area contributed by atoms with Crippen LogP contribution in [-0.2, 0) is 6.42 Å². The van der Waals surface area contributed by atoms with E-state index in [1.54, 1.807) is 12.1 Å². The number of carbonyl (C=O) groups is 1. The fourth-order valence-corrected chi connectivity index (χ4v) is 2.36. The Hall–Kier alpha value is -2.09. The summed E-state index contributed by atoms with van der Waals surface area (Å²) < 4.78 is 0. The van der Waals surface area contributed by atoms with Crippen molar-refractivity contribution in [2.45, 2.75) is 33.1 Å². The molecule has 0 aliphatic carbocycles. The van der Waals surface area contributed by atoms with Crippen LogP contribution in [0.3, 0.4) is 0 Å².